The highest BCUT2D eigenvalue weighted by Gasteiger charge is 2.14. The van der Waals surface area contributed by atoms with E-state index in [4.69, 9.17) is 11.6 Å². The second-order valence-electron chi connectivity index (χ2n) is 6.34. The SMILES string of the molecule is CN(C)c1ccc(CCCNC(=O)c2cc(Cl)ccc2-n2cnnn2)cc1. The van der Waals surface area contributed by atoms with Crippen LogP contribution in [0.25, 0.3) is 5.69 Å². The third-order valence-corrected chi connectivity index (χ3v) is 4.41. The van der Waals surface area contributed by atoms with Crippen LogP contribution in [-0.4, -0.2) is 46.8 Å². The quantitative estimate of drug-likeness (QED) is 0.634. The molecule has 0 aliphatic rings. The van der Waals surface area contributed by atoms with E-state index in [1.165, 1.54) is 22.3 Å². The first-order chi connectivity index (χ1) is 13.0. The van der Waals surface area contributed by atoms with Gasteiger partial charge in [0.2, 0.25) is 0 Å². The average molecular weight is 385 g/mol. The Hall–Kier alpha value is -2.93. The Labute approximate surface area is 162 Å². The van der Waals surface area contributed by atoms with Crippen molar-refractivity contribution in [2.24, 2.45) is 0 Å². The number of halogens is 1. The van der Waals surface area contributed by atoms with Gasteiger partial charge in [0.15, 0.2) is 0 Å². The molecule has 1 N–H and O–H groups in total. The van der Waals surface area contributed by atoms with Gasteiger partial charge in [0.05, 0.1) is 11.3 Å². The molecular weight excluding hydrogens is 364 g/mol. The summed E-state index contributed by atoms with van der Waals surface area (Å²) in [5.41, 5.74) is 3.43. The lowest BCUT2D eigenvalue weighted by Crippen LogP contribution is -2.26. The number of nitrogens with zero attached hydrogens (tertiary/aromatic N) is 5. The van der Waals surface area contributed by atoms with E-state index in [2.05, 4.69) is 50.0 Å². The first kappa shape index (κ1) is 18.8. The van der Waals surface area contributed by atoms with Crippen LogP contribution in [0.4, 0.5) is 5.69 Å². The molecule has 0 saturated carbocycles. The Kier molecular flexibility index (Phi) is 6.03. The van der Waals surface area contributed by atoms with Crippen molar-refractivity contribution in [1.82, 2.24) is 25.5 Å². The lowest BCUT2D eigenvalue weighted by molar-refractivity contribution is 0.0953. The average Bonchev–Trinajstić information content (AvgIpc) is 3.20. The van der Waals surface area contributed by atoms with Crippen LogP contribution in [0.2, 0.25) is 5.02 Å². The van der Waals surface area contributed by atoms with Crippen LogP contribution in [0.1, 0.15) is 22.3 Å². The standard InChI is InChI=1S/C19H21ClN6O/c1-25(2)16-8-5-14(6-9-16)4-3-11-21-19(27)17-12-15(20)7-10-18(17)26-13-22-23-24-26/h5-10,12-13H,3-4,11H2,1-2H3,(H,21,27). The maximum Gasteiger partial charge on any atom is 0.253 e. The van der Waals surface area contributed by atoms with Gasteiger partial charge in [-0.05, 0) is 59.2 Å². The fourth-order valence-corrected chi connectivity index (χ4v) is 2.88. The van der Waals surface area contributed by atoms with Gasteiger partial charge in [-0.3, -0.25) is 4.79 Å². The molecule has 3 rings (SSSR count). The van der Waals surface area contributed by atoms with E-state index in [1.54, 1.807) is 18.2 Å². The van der Waals surface area contributed by atoms with E-state index >= 15 is 0 Å². The second-order valence-corrected chi connectivity index (χ2v) is 6.77. The summed E-state index contributed by atoms with van der Waals surface area (Å²) in [4.78, 5) is 14.7. The molecule has 3 aromatic rings. The van der Waals surface area contributed by atoms with E-state index in [-0.39, 0.29) is 5.91 Å². The van der Waals surface area contributed by atoms with E-state index < -0.39 is 0 Å². The Morgan fingerprint density at radius 2 is 1.96 bits per heavy atom. The number of anilines is 1. The molecule has 0 saturated heterocycles. The van der Waals surface area contributed by atoms with Gasteiger partial charge < -0.3 is 10.2 Å². The summed E-state index contributed by atoms with van der Waals surface area (Å²) in [5, 5.41) is 14.5. The summed E-state index contributed by atoms with van der Waals surface area (Å²) < 4.78 is 1.44. The predicted octanol–water partition coefficient (Wildman–Crippen LogP) is 2.74. The van der Waals surface area contributed by atoms with Crippen LogP contribution >= 0.6 is 11.6 Å². The van der Waals surface area contributed by atoms with Gasteiger partial charge in [-0.1, -0.05) is 23.7 Å². The van der Waals surface area contributed by atoms with Gasteiger partial charge in [0, 0.05) is 31.4 Å². The lowest BCUT2D eigenvalue weighted by Gasteiger charge is -2.13. The van der Waals surface area contributed by atoms with Crippen molar-refractivity contribution in [3.8, 4) is 5.69 Å². The van der Waals surface area contributed by atoms with Crippen molar-refractivity contribution in [3.63, 3.8) is 0 Å². The van der Waals surface area contributed by atoms with Gasteiger partial charge in [0.25, 0.3) is 5.91 Å². The van der Waals surface area contributed by atoms with Crippen molar-refractivity contribution < 1.29 is 4.79 Å². The van der Waals surface area contributed by atoms with Crippen LogP contribution in [-0.2, 0) is 6.42 Å². The van der Waals surface area contributed by atoms with Crippen LogP contribution < -0.4 is 10.2 Å². The normalized spacial score (nSPS) is 10.6. The topological polar surface area (TPSA) is 75.9 Å². The lowest BCUT2D eigenvalue weighted by atomic mass is 10.1. The molecule has 1 heterocycles. The Bertz CT molecular complexity index is 893. The molecule has 27 heavy (non-hydrogen) atoms. The summed E-state index contributed by atoms with van der Waals surface area (Å²) >= 11 is 6.05. The van der Waals surface area contributed by atoms with Gasteiger partial charge in [-0.25, -0.2) is 0 Å². The molecule has 0 atom stereocenters. The molecule has 1 aromatic heterocycles. The monoisotopic (exact) mass is 384 g/mol. The molecular formula is C19H21ClN6O. The first-order valence-corrected chi connectivity index (χ1v) is 9.00. The summed E-state index contributed by atoms with van der Waals surface area (Å²) in [6, 6.07) is 13.5. The van der Waals surface area contributed by atoms with Gasteiger partial charge >= 0.3 is 0 Å². The van der Waals surface area contributed by atoms with E-state index in [0.29, 0.717) is 22.8 Å². The zero-order valence-electron chi connectivity index (χ0n) is 15.3. The van der Waals surface area contributed by atoms with Crippen LogP contribution in [0.3, 0.4) is 0 Å². The third kappa shape index (κ3) is 4.83. The zero-order valence-corrected chi connectivity index (χ0v) is 16.0. The number of hydrogen-bond donors (Lipinski definition) is 1. The van der Waals surface area contributed by atoms with Crippen molar-refractivity contribution >= 4 is 23.2 Å². The number of carbonyl (C=O) groups is 1. The molecule has 0 radical (unpaired) electrons. The van der Waals surface area contributed by atoms with Crippen molar-refractivity contribution in [3.05, 3.63) is 64.9 Å². The predicted molar refractivity (Wildman–Crippen MR) is 106 cm³/mol. The number of tetrazole rings is 1. The molecule has 2 aromatic carbocycles. The maximum atomic E-state index is 12.6. The maximum absolute atomic E-state index is 12.6. The molecule has 0 spiro atoms. The number of amides is 1. The van der Waals surface area contributed by atoms with Crippen molar-refractivity contribution in [2.75, 3.05) is 25.5 Å². The number of hydrogen-bond acceptors (Lipinski definition) is 5. The van der Waals surface area contributed by atoms with Gasteiger partial charge in [0.1, 0.15) is 6.33 Å². The highest BCUT2D eigenvalue weighted by molar-refractivity contribution is 6.31. The van der Waals surface area contributed by atoms with Crippen LogP contribution in [0, 0.1) is 0 Å². The van der Waals surface area contributed by atoms with E-state index in [0.717, 1.165) is 12.8 Å². The number of aromatic nitrogens is 4. The molecule has 0 aliphatic heterocycles. The highest BCUT2D eigenvalue weighted by Crippen LogP contribution is 2.19. The van der Waals surface area contributed by atoms with Crippen molar-refractivity contribution in [2.45, 2.75) is 12.8 Å². The fraction of sp³-hybridized carbons (Fsp3) is 0.263. The first-order valence-electron chi connectivity index (χ1n) is 8.62. The number of carbonyl (C=O) groups excluding carboxylic acids is 1. The number of aryl methyl sites for hydroxylation is 1. The molecule has 0 bridgehead atoms. The minimum atomic E-state index is -0.203. The second kappa shape index (κ2) is 8.64. The number of benzene rings is 2. The van der Waals surface area contributed by atoms with Crippen LogP contribution in [0.5, 0.6) is 0 Å². The Morgan fingerprint density at radius 1 is 1.19 bits per heavy atom. The third-order valence-electron chi connectivity index (χ3n) is 4.18. The Balaban J connectivity index is 1.57. The molecule has 1 amide bonds. The summed E-state index contributed by atoms with van der Waals surface area (Å²) in [6.45, 7) is 0.565. The van der Waals surface area contributed by atoms with Crippen LogP contribution in [0.15, 0.2) is 48.8 Å². The minimum Gasteiger partial charge on any atom is -0.378 e. The minimum absolute atomic E-state index is 0.203. The van der Waals surface area contributed by atoms with E-state index in [1.807, 2.05) is 14.1 Å². The molecule has 0 aliphatic carbocycles. The van der Waals surface area contributed by atoms with E-state index in [9.17, 15) is 4.79 Å². The van der Waals surface area contributed by atoms with Gasteiger partial charge in [-0.2, -0.15) is 4.68 Å². The molecule has 8 heteroatoms. The molecule has 7 nitrogen and oxygen atoms in total. The summed E-state index contributed by atoms with van der Waals surface area (Å²) in [5.74, 6) is -0.203. The summed E-state index contributed by atoms with van der Waals surface area (Å²) in [6.07, 6.45) is 3.18. The molecule has 0 fully saturated rings. The molecule has 140 valence electrons. The van der Waals surface area contributed by atoms with Gasteiger partial charge in [-0.15, -0.1) is 5.10 Å². The molecule has 0 unspecified atom stereocenters. The van der Waals surface area contributed by atoms with Crippen molar-refractivity contribution in [1.29, 1.82) is 0 Å². The summed E-state index contributed by atoms with van der Waals surface area (Å²) in [7, 11) is 4.04. The smallest absolute Gasteiger partial charge is 0.253 e. The zero-order chi connectivity index (χ0) is 19.2. The number of nitrogens with one attached hydrogen (secondary N) is 1. The fourth-order valence-electron chi connectivity index (χ4n) is 2.71. The largest absolute Gasteiger partial charge is 0.378 e. The highest BCUT2D eigenvalue weighted by atomic mass is 35.5. The number of rotatable bonds is 7. The Morgan fingerprint density at radius 3 is 2.63 bits per heavy atom.